The van der Waals surface area contributed by atoms with Crippen LogP contribution in [0.1, 0.15) is 21.7 Å². The highest BCUT2D eigenvalue weighted by molar-refractivity contribution is 7.16. The summed E-state index contributed by atoms with van der Waals surface area (Å²) in [4.78, 5) is 5.61. The van der Waals surface area contributed by atoms with Gasteiger partial charge in [-0.25, -0.2) is 4.98 Å². The van der Waals surface area contributed by atoms with Gasteiger partial charge in [0.1, 0.15) is 11.9 Å². The van der Waals surface area contributed by atoms with Crippen LogP contribution in [-0.4, -0.2) is 11.5 Å². The first kappa shape index (κ1) is 13.9. The third kappa shape index (κ3) is 3.46. The zero-order chi connectivity index (χ0) is 13.8. The normalized spacial score (nSPS) is 10.2. The third-order valence-electron chi connectivity index (χ3n) is 2.75. The molecule has 3 nitrogen and oxygen atoms in total. The minimum absolute atomic E-state index is 0.620. The molecule has 19 heavy (non-hydrogen) atoms. The first-order valence-electron chi connectivity index (χ1n) is 5.96. The molecule has 0 aliphatic rings. The van der Waals surface area contributed by atoms with Crippen LogP contribution in [0.3, 0.4) is 0 Å². The first-order chi connectivity index (χ1) is 9.10. The fourth-order valence-electron chi connectivity index (χ4n) is 1.90. The van der Waals surface area contributed by atoms with Crippen molar-refractivity contribution in [3.05, 3.63) is 44.2 Å². The van der Waals surface area contributed by atoms with Gasteiger partial charge in [0, 0.05) is 17.1 Å². The number of hydrogen-bond donors (Lipinski definition) is 1. The van der Waals surface area contributed by atoms with Gasteiger partial charge in [-0.05, 0) is 44.0 Å². The fraction of sp³-hybridized carbons (Fsp3) is 0.286. The number of pyridine rings is 1. The minimum Gasteiger partial charge on any atom is -0.369 e. The predicted octanol–water partition coefficient (Wildman–Crippen LogP) is 3.94. The quantitative estimate of drug-likeness (QED) is 0.928. The number of nitrogens with one attached hydrogen (secondary N) is 1. The van der Waals surface area contributed by atoms with Crippen LogP contribution in [0, 0.1) is 25.2 Å². The second-order valence-corrected chi connectivity index (χ2v) is 6.10. The summed E-state index contributed by atoms with van der Waals surface area (Å²) in [5.74, 6) is 0.669. The number of anilines is 1. The number of nitriles is 1. The molecule has 0 amide bonds. The van der Waals surface area contributed by atoms with E-state index in [1.54, 1.807) is 11.3 Å². The molecule has 0 aliphatic heterocycles. The van der Waals surface area contributed by atoms with Crippen molar-refractivity contribution in [1.29, 1.82) is 5.26 Å². The van der Waals surface area contributed by atoms with Crippen molar-refractivity contribution in [2.45, 2.75) is 20.3 Å². The third-order valence-corrected chi connectivity index (χ3v) is 4.04. The lowest BCUT2D eigenvalue weighted by atomic mass is 10.1. The molecule has 0 atom stereocenters. The molecule has 5 heteroatoms. The summed E-state index contributed by atoms with van der Waals surface area (Å²) < 4.78 is 0.803. The van der Waals surface area contributed by atoms with E-state index in [1.165, 1.54) is 4.88 Å². The van der Waals surface area contributed by atoms with E-state index in [-0.39, 0.29) is 0 Å². The highest BCUT2D eigenvalue weighted by Crippen LogP contribution is 2.22. The summed E-state index contributed by atoms with van der Waals surface area (Å²) in [7, 11) is 0. The average molecular weight is 292 g/mol. The lowest BCUT2D eigenvalue weighted by molar-refractivity contribution is 1.01. The lowest BCUT2D eigenvalue weighted by Gasteiger charge is -2.09. The molecule has 0 aliphatic carbocycles. The summed E-state index contributed by atoms with van der Waals surface area (Å²) in [6.07, 6.45) is 0.872. The number of aromatic nitrogens is 1. The first-order valence-corrected chi connectivity index (χ1v) is 7.16. The molecule has 0 fully saturated rings. The Balaban J connectivity index is 2.05. The standard InChI is InChI=1S/C14H14ClN3S/c1-9-7-10(2)18-14(12(9)8-16)17-6-5-11-3-4-13(15)19-11/h3-4,7H,5-6H2,1-2H3,(H,17,18). The van der Waals surface area contributed by atoms with Crippen LogP contribution < -0.4 is 5.32 Å². The molecule has 0 radical (unpaired) electrons. The van der Waals surface area contributed by atoms with E-state index in [4.69, 9.17) is 16.9 Å². The molecule has 2 heterocycles. The Hall–Kier alpha value is -1.57. The van der Waals surface area contributed by atoms with E-state index in [9.17, 15) is 0 Å². The molecule has 0 saturated heterocycles. The van der Waals surface area contributed by atoms with Crippen molar-refractivity contribution in [3.8, 4) is 6.07 Å². The van der Waals surface area contributed by atoms with Crippen LogP contribution in [0.5, 0.6) is 0 Å². The maximum Gasteiger partial charge on any atom is 0.144 e. The highest BCUT2D eigenvalue weighted by atomic mass is 35.5. The van der Waals surface area contributed by atoms with Crippen LogP contribution in [0.25, 0.3) is 0 Å². The average Bonchev–Trinajstić information content (AvgIpc) is 2.74. The van der Waals surface area contributed by atoms with Gasteiger partial charge in [0.05, 0.1) is 9.90 Å². The number of thiophene rings is 1. The van der Waals surface area contributed by atoms with Gasteiger partial charge in [0.15, 0.2) is 0 Å². The van der Waals surface area contributed by atoms with Gasteiger partial charge in [-0.2, -0.15) is 5.26 Å². The summed E-state index contributed by atoms with van der Waals surface area (Å²) in [5, 5.41) is 12.4. The maximum atomic E-state index is 9.16. The number of rotatable bonds is 4. The van der Waals surface area contributed by atoms with Crippen LogP contribution in [0.2, 0.25) is 4.34 Å². The molecule has 2 aromatic heterocycles. The van der Waals surface area contributed by atoms with Gasteiger partial charge in [0.25, 0.3) is 0 Å². The van der Waals surface area contributed by atoms with Gasteiger partial charge in [-0.1, -0.05) is 11.6 Å². The van der Waals surface area contributed by atoms with Gasteiger partial charge >= 0.3 is 0 Å². The van der Waals surface area contributed by atoms with Crippen molar-refractivity contribution < 1.29 is 0 Å². The minimum atomic E-state index is 0.620. The van der Waals surface area contributed by atoms with Crippen molar-refractivity contribution in [1.82, 2.24) is 4.98 Å². The Bertz CT molecular complexity index is 628. The molecule has 0 bridgehead atoms. The summed E-state index contributed by atoms with van der Waals surface area (Å²) >= 11 is 7.47. The molecule has 1 N–H and O–H groups in total. The smallest absolute Gasteiger partial charge is 0.144 e. The second-order valence-electron chi connectivity index (χ2n) is 4.30. The summed E-state index contributed by atoms with van der Waals surface area (Å²) in [6.45, 7) is 4.59. The van der Waals surface area contributed by atoms with E-state index in [1.807, 2.05) is 32.0 Å². The second kappa shape index (κ2) is 6.05. The highest BCUT2D eigenvalue weighted by Gasteiger charge is 2.08. The van der Waals surface area contributed by atoms with Crippen LogP contribution >= 0.6 is 22.9 Å². The molecule has 2 rings (SSSR count). The number of hydrogen-bond acceptors (Lipinski definition) is 4. The van der Waals surface area contributed by atoms with E-state index in [0.717, 1.165) is 28.6 Å². The van der Waals surface area contributed by atoms with Gasteiger partial charge in [0.2, 0.25) is 0 Å². The number of halogens is 1. The van der Waals surface area contributed by atoms with E-state index < -0.39 is 0 Å². The monoisotopic (exact) mass is 291 g/mol. The van der Waals surface area contributed by atoms with Crippen molar-refractivity contribution in [2.75, 3.05) is 11.9 Å². The largest absolute Gasteiger partial charge is 0.369 e. The van der Waals surface area contributed by atoms with Gasteiger partial charge in [-0.15, -0.1) is 11.3 Å². The maximum absolute atomic E-state index is 9.16. The molecule has 0 aromatic carbocycles. The molecular weight excluding hydrogens is 278 g/mol. The van der Waals surface area contributed by atoms with Crippen molar-refractivity contribution in [2.24, 2.45) is 0 Å². The summed E-state index contributed by atoms with van der Waals surface area (Å²) in [5.41, 5.74) is 2.49. The van der Waals surface area contributed by atoms with E-state index in [2.05, 4.69) is 16.4 Å². The molecule has 98 valence electrons. The number of aryl methyl sites for hydroxylation is 2. The SMILES string of the molecule is Cc1cc(C)c(C#N)c(NCCc2ccc(Cl)s2)n1. The van der Waals surface area contributed by atoms with Crippen LogP contribution in [-0.2, 0) is 6.42 Å². The Morgan fingerprint density at radius 2 is 2.21 bits per heavy atom. The molecule has 0 saturated carbocycles. The molecular formula is C14H14ClN3S. The van der Waals surface area contributed by atoms with E-state index >= 15 is 0 Å². The molecule has 0 spiro atoms. The lowest BCUT2D eigenvalue weighted by Crippen LogP contribution is -2.08. The van der Waals surface area contributed by atoms with Gasteiger partial charge in [-0.3, -0.25) is 0 Å². The number of nitrogens with zero attached hydrogens (tertiary/aromatic N) is 2. The zero-order valence-electron chi connectivity index (χ0n) is 10.8. The van der Waals surface area contributed by atoms with Crippen LogP contribution in [0.15, 0.2) is 18.2 Å². The Kier molecular flexibility index (Phi) is 4.41. The molecule has 0 unspecified atom stereocenters. The van der Waals surface area contributed by atoms with Crippen molar-refractivity contribution in [3.63, 3.8) is 0 Å². The summed E-state index contributed by atoms with van der Waals surface area (Å²) in [6, 6.07) is 8.04. The van der Waals surface area contributed by atoms with E-state index in [0.29, 0.717) is 11.4 Å². The van der Waals surface area contributed by atoms with Gasteiger partial charge < -0.3 is 5.32 Å². The Morgan fingerprint density at radius 3 is 2.84 bits per heavy atom. The Morgan fingerprint density at radius 1 is 1.42 bits per heavy atom. The topological polar surface area (TPSA) is 48.7 Å². The van der Waals surface area contributed by atoms with Crippen molar-refractivity contribution >= 4 is 28.8 Å². The molecule has 2 aromatic rings. The fourth-order valence-corrected chi connectivity index (χ4v) is 2.98. The zero-order valence-corrected chi connectivity index (χ0v) is 12.4. The van der Waals surface area contributed by atoms with Crippen LogP contribution in [0.4, 0.5) is 5.82 Å². The predicted molar refractivity (Wildman–Crippen MR) is 79.9 cm³/mol. The Labute approximate surface area is 121 Å².